The van der Waals surface area contributed by atoms with Gasteiger partial charge in [-0.25, -0.2) is 0 Å². The van der Waals surface area contributed by atoms with E-state index >= 15 is 0 Å². The predicted molar refractivity (Wildman–Crippen MR) is 94.2 cm³/mol. The van der Waals surface area contributed by atoms with Crippen molar-refractivity contribution in [3.63, 3.8) is 0 Å². The minimum atomic E-state index is -2.79. The normalized spacial score (nSPS) is 16.2. The molecule has 1 atom stereocenters. The Labute approximate surface area is 148 Å². The highest BCUT2D eigenvalue weighted by Gasteiger charge is 2.22. The van der Waals surface area contributed by atoms with E-state index in [1.54, 1.807) is 18.2 Å². The SMILES string of the molecule is C=C(C)C[C@@H](c1cccc(OC(F)F)c1)N1CCNCC1.Cl.Cl. The molecule has 1 saturated heterocycles. The van der Waals surface area contributed by atoms with E-state index in [1.807, 2.05) is 13.0 Å². The highest BCUT2D eigenvalue weighted by molar-refractivity contribution is 5.85. The largest absolute Gasteiger partial charge is 0.435 e. The minimum absolute atomic E-state index is 0. The molecule has 0 bridgehead atoms. The maximum Gasteiger partial charge on any atom is 0.387 e. The summed E-state index contributed by atoms with van der Waals surface area (Å²) >= 11 is 0. The van der Waals surface area contributed by atoms with Crippen molar-refractivity contribution >= 4 is 24.8 Å². The molecule has 0 aromatic heterocycles. The molecule has 1 aliphatic rings. The quantitative estimate of drug-likeness (QED) is 0.766. The number of hydrogen-bond acceptors (Lipinski definition) is 3. The first-order valence-electron chi connectivity index (χ1n) is 7.20. The van der Waals surface area contributed by atoms with Crippen molar-refractivity contribution in [2.45, 2.75) is 26.0 Å². The molecule has 23 heavy (non-hydrogen) atoms. The topological polar surface area (TPSA) is 24.5 Å². The van der Waals surface area contributed by atoms with E-state index in [0.29, 0.717) is 0 Å². The van der Waals surface area contributed by atoms with Gasteiger partial charge in [0.15, 0.2) is 0 Å². The number of benzene rings is 1. The Morgan fingerprint density at radius 1 is 1.30 bits per heavy atom. The molecule has 1 aromatic rings. The lowest BCUT2D eigenvalue weighted by Crippen LogP contribution is -2.45. The van der Waals surface area contributed by atoms with Crippen LogP contribution in [0.15, 0.2) is 36.4 Å². The number of nitrogens with one attached hydrogen (secondary N) is 1. The molecule has 0 saturated carbocycles. The fraction of sp³-hybridized carbons (Fsp3) is 0.500. The van der Waals surface area contributed by atoms with Crippen molar-refractivity contribution < 1.29 is 13.5 Å². The second kappa shape index (κ2) is 10.8. The number of halogens is 4. The van der Waals surface area contributed by atoms with Crippen LogP contribution in [-0.2, 0) is 0 Å². The molecule has 0 unspecified atom stereocenters. The van der Waals surface area contributed by atoms with E-state index in [1.165, 1.54) is 0 Å². The van der Waals surface area contributed by atoms with E-state index in [-0.39, 0.29) is 36.6 Å². The average molecular weight is 369 g/mol. The lowest BCUT2D eigenvalue weighted by molar-refractivity contribution is -0.0499. The van der Waals surface area contributed by atoms with Crippen LogP contribution in [0.25, 0.3) is 0 Å². The van der Waals surface area contributed by atoms with Gasteiger partial charge in [-0.1, -0.05) is 17.7 Å². The second-order valence-corrected chi connectivity index (χ2v) is 5.41. The Bertz CT molecular complexity index is 483. The van der Waals surface area contributed by atoms with Gasteiger partial charge in [-0.15, -0.1) is 31.4 Å². The summed E-state index contributed by atoms with van der Waals surface area (Å²) in [6.07, 6.45) is 0.818. The molecule has 0 aliphatic carbocycles. The van der Waals surface area contributed by atoms with Gasteiger partial charge in [0, 0.05) is 32.2 Å². The standard InChI is InChI=1S/C16H22F2N2O.2ClH/c1-12(2)10-15(20-8-6-19-7-9-20)13-4-3-5-14(11-13)21-16(17)18;;/h3-5,11,15-16,19H,1,6-10H2,2H3;2*1H/t15-;;/m0../s1. The summed E-state index contributed by atoms with van der Waals surface area (Å²) in [4.78, 5) is 2.37. The Morgan fingerprint density at radius 3 is 2.52 bits per heavy atom. The zero-order valence-electron chi connectivity index (χ0n) is 13.1. The van der Waals surface area contributed by atoms with Gasteiger partial charge < -0.3 is 10.1 Å². The molecule has 0 spiro atoms. The van der Waals surface area contributed by atoms with Gasteiger partial charge in [-0.3, -0.25) is 4.90 Å². The Hall–Kier alpha value is -0.880. The van der Waals surface area contributed by atoms with Crippen LogP contribution in [0.3, 0.4) is 0 Å². The highest BCUT2D eigenvalue weighted by atomic mass is 35.5. The fourth-order valence-corrected chi connectivity index (χ4v) is 2.68. The average Bonchev–Trinajstić information content (AvgIpc) is 2.45. The first-order chi connectivity index (χ1) is 10.1. The van der Waals surface area contributed by atoms with Gasteiger partial charge >= 0.3 is 6.61 Å². The molecule has 1 heterocycles. The van der Waals surface area contributed by atoms with Crippen molar-refractivity contribution in [1.82, 2.24) is 10.2 Å². The predicted octanol–water partition coefficient (Wildman–Crippen LogP) is 4.04. The lowest BCUT2D eigenvalue weighted by Gasteiger charge is -2.35. The number of rotatable bonds is 6. The third kappa shape index (κ3) is 7.04. The fourth-order valence-electron chi connectivity index (χ4n) is 2.68. The molecular weight excluding hydrogens is 345 g/mol. The Morgan fingerprint density at radius 2 is 1.96 bits per heavy atom. The van der Waals surface area contributed by atoms with Crippen LogP contribution in [-0.4, -0.2) is 37.7 Å². The van der Waals surface area contributed by atoms with Gasteiger partial charge in [0.2, 0.25) is 0 Å². The number of piperazine rings is 1. The first-order valence-corrected chi connectivity index (χ1v) is 7.20. The zero-order chi connectivity index (χ0) is 15.2. The Kier molecular flexibility index (Phi) is 10.4. The third-order valence-electron chi connectivity index (χ3n) is 3.60. The molecule has 1 aromatic carbocycles. The van der Waals surface area contributed by atoms with Crippen LogP contribution >= 0.6 is 24.8 Å². The maximum absolute atomic E-state index is 12.4. The summed E-state index contributed by atoms with van der Waals surface area (Å²) in [5.74, 6) is 0.212. The van der Waals surface area contributed by atoms with Crippen LogP contribution in [0.4, 0.5) is 8.78 Å². The molecule has 0 amide bonds. The summed E-state index contributed by atoms with van der Waals surface area (Å²) in [5.41, 5.74) is 2.08. The lowest BCUT2D eigenvalue weighted by atomic mass is 9.98. The van der Waals surface area contributed by atoms with Crippen molar-refractivity contribution in [2.75, 3.05) is 26.2 Å². The Balaban J connectivity index is 0.00000242. The summed E-state index contributed by atoms with van der Waals surface area (Å²) in [6.45, 7) is 6.97. The molecular formula is C16H24Cl2F2N2O. The summed E-state index contributed by atoms with van der Waals surface area (Å²) < 4.78 is 29.2. The van der Waals surface area contributed by atoms with E-state index in [9.17, 15) is 8.78 Å². The monoisotopic (exact) mass is 368 g/mol. The van der Waals surface area contributed by atoms with Crippen LogP contribution < -0.4 is 10.1 Å². The van der Waals surface area contributed by atoms with Crippen molar-refractivity contribution in [3.8, 4) is 5.75 Å². The van der Waals surface area contributed by atoms with Crippen LogP contribution in [0.2, 0.25) is 0 Å². The van der Waals surface area contributed by atoms with Crippen molar-refractivity contribution in [3.05, 3.63) is 42.0 Å². The molecule has 1 N–H and O–H groups in total. The molecule has 0 radical (unpaired) electrons. The molecule has 1 aliphatic heterocycles. The number of ether oxygens (including phenoxy) is 1. The smallest absolute Gasteiger partial charge is 0.387 e. The van der Waals surface area contributed by atoms with Gasteiger partial charge in [0.05, 0.1) is 0 Å². The van der Waals surface area contributed by atoms with E-state index in [4.69, 9.17) is 0 Å². The number of hydrogen-bond donors (Lipinski definition) is 1. The minimum Gasteiger partial charge on any atom is -0.435 e. The molecule has 2 rings (SSSR count). The van der Waals surface area contributed by atoms with E-state index in [2.05, 4.69) is 21.5 Å². The van der Waals surface area contributed by atoms with Crippen molar-refractivity contribution in [1.29, 1.82) is 0 Å². The molecule has 132 valence electrons. The highest BCUT2D eigenvalue weighted by Crippen LogP contribution is 2.30. The van der Waals surface area contributed by atoms with E-state index < -0.39 is 6.61 Å². The van der Waals surface area contributed by atoms with Gasteiger partial charge in [-0.05, 0) is 31.0 Å². The number of nitrogens with zero attached hydrogens (tertiary/aromatic N) is 1. The zero-order valence-corrected chi connectivity index (χ0v) is 14.8. The second-order valence-electron chi connectivity index (χ2n) is 5.41. The summed E-state index contributed by atoms with van der Waals surface area (Å²) in [7, 11) is 0. The van der Waals surface area contributed by atoms with Gasteiger partial charge in [0.25, 0.3) is 0 Å². The van der Waals surface area contributed by atoms with Gasteiger partial charge in [-0.2, -0.15) is 8.78 Å². The first kappa shape index (κ1) is 22.1. The maximum atomic E-state index is 12.4. The third-order valence-corrected chi connectivity index (χ3v) is 3.60. The summed E-state index contributed by atoms with van der Waals surface area (Å²) in [5, 5.41) is 3.32. The van der Waals surface area contributed by atoms with Crippen LogP contribution in [0.1, 0.15) is 24.9 Å². The number of alkyl halides is 2. The van der Waals surface area contributed by atoms with Gasteiger partial charge in [0.1, 0.15) is 5.75 Å². The van der Waals surface area contributed by atoms with Crippen LogP contribution in [0, 0.1) is 0 Å². The molecule has 1 fully saturated rings. The summed E-state index contributed by atoms with van der Waals surface area (Å²) in [6, 6.07) is 7.16. The van der Waals surface area contributed by atoms with E-state index in [0.717, 1.165) is 43.7 Å². The molecule has 7 heteroatoms. The molecule has 3 nitrogen and oxygen atoms in total. The van der Waals surface area contributed by atoms with Crippen LogP contribution in [0.5, 0.6) is 5.75 Å². The van der Waals surface area contributed by atoms with Crippen molar-refractivity contribution in [2.24, 2.45) is 0 Å².